The lowest BCUT2D eigenvalue weighted by Gasteiger charge is -2.08. The summed E-state index contributed by atoms with van der Waals surface area (Å²) in [6.45, 7) is 9.25. The topological polar surface area (TPSA) is 48.0 Å². The average molecular weight is 432 g/mol. The van der Waals surface area contributed by atoms with Crippen molar-refractivity contribution in [3.63, 3.8) is 0 Å². The van der Waals surface area contributed by atoms with Crippen LogP contribution in [0.4, 0.5) is 0 Å². The first-order chi connectivity index (χ1) is 15.4. The first kappa shape index (κ1) is 22.1. The Kier molecular flexibility index (Phi) is 6.33. The smallest absolute Gasteiger partial charge is 0.308 e. The van der Waals surface area contributed by atoms with Crippen molar-refractivity contribution in [3.05, 3.63) is 70.5 Å². The lowest BCUT2D eigenvalue weighted by molar-refractivity contribution is 0.373. The molecule has 1 aliphatic rings. The summed E-state index contributed by atoms with van der Waals surface area (Å²) in [5, 5.41) is 4.98. The minimum Gasteiger partial charge on any atom is -0.308 e. The molecule has 0 spiro atoms. The summed E-state index contributed by atoms with van der Waals surface area (Å²) in [5.74, 6) is 0. The molecule has 0 N–H and O–H groups in total. The van der Waals surface area contributed by atoms with Gasteiger partial charge in [-0.25, -0.2) is 4.79 Å². The van der Waals surface area contributed by atoms with E-state index in [1.165, 1.54) is 5.57 Å². The maximum Gasteiger partial charge on any atom is 0.329 e. The molecule has 0 atom stereocenters. The second-order valence-electron chi connectivity index (χ2n) is 8.67. The number of likely N-dealkylation sites (N-methyl/N-ethyl adjacent to an activating group) is 1. The van der Waals surface area contributed by atoms with Crippen molar-refractivity contribution in [2.75, 3.05) is 20.6 Å². The zero-order valence-corrected chi connectivity index (χ0v) is 19.8. The lowest BCUT2D eigenvalue weighted by Crippen LogP contribution is -2.22. The second-order valence-corrected chi connectivity index (χ2v) is 8.67. The number of aromatic nitrogens is 4. The maximum absolute atomic E-state index is 12.8. The fourth-order valence-electron chi connectivity index (χ4n) is 4.26. The Morgan fingerprint density at radius 1 is 1.09 bits per heavy atom. The van der Waals surface area contributed by atoms with E-state index in [-0.39, 0.29) is 5.69 Å². The predicted octanol–water partition coefficient (Wildman–Crippen LogP) is 4.56. The summed E-state index contributed by atoms with van der Waals surface area (Å²) >= 11 is 0. The predicted molar refractivity (Wildman–Crippen MR) is 133 cm³/mol. The summed E-state index contributed by atoms with van der Waals surface area (Å²) in [7, 11) is 4.15. The molecule has 1 aromatic carbocycles. The van der Waals surface area contributed by atoms with Crippen molar-refractivity contribution in [1.29, 1.82) is 0 Å². The van der Waals surface area contributed by atoms with Gasteiger partial charge in [-0.15, -0.1) is 0 Å². The standard InChI is InChI=1S/C26H33N5O/c1-6-30-23-14-13-21(17-24(23)31(7-2)26(30)32)22-18-29(16-15-28(4)5)27-25(22)20-10-8-9-19(3)11-12-20/h8-10,12-14,17-18H,6-7,11,15-16H2,1-5H3. The van der Waals surface area contributed by atoms with Crippen LogP contribution in [0.25, 0.3) is 27.7 Å². The van der Waals surface area contributed by atoms with Crippen LogP contribution in [0.3, 0.4) is 0 Å². The number of fused-ring (bicyclic) bond motifs is 1. The van der Waals surface area contributed by atoms with Crippen LogP contribution in [0.5, 0.6) is 0 Å². The first-order valence-electron chi connectivity index (χ1n) is 11.4. The third-order valence-electron chi connectivity index (χ3n) is 6.07. The minimum absolute atomic E-state index is 0.0556. The molecule has 0 unspecified atom stereocenters. The number of imidazole rings is 1. The molecule has 2 aromatic heterocycles. The summed E-state index contributed by atoms with van der Waals surface area (Å²) in [6.07, 6.45) is 11.7. The van der Waals surface area contributed by atoms with Gasteiger partial charge in [-0.2, -0.15) is 5.10 Å². The van der Waals surface area contributed by atoms with Crippen molar-refractivity contribution in [1.82, 2.24) is 23.8 Å². The number of nitrogens with zero attached hydrogens (tertiary/aromatic N) is 5. The molecule has 6 heteroatoms. The Morgan fingerprint density at radius 3 is 2.56 bits per heavy atom. The molecule has 0 bridgehead atoms. The number of hydrogen-bond donors (Lipinski definition) is 0. The van der Waals surface area contributed by atoms with Crippen LogP contribution in [0.15, 0.2) is 59.1 Å². The van der Waals surface area contributed by atoms with E-state index in [0.29, 0.717) is 13.1 Å². The molecule has 1 aliphatic carbocycles. The van der Waals surface area contributed by atoms with E-state index >= 15 is 0 Å². The average Bonchev–Trinajstić information content (AvgIpc) is 3.23. The van der Waals surface area contributed by atoms with Gasteiger partial charge in [0.15, 0.2) is 0 Å². The van der Waals surface area contributed by atoms with Gasteiger partial charge in [0.05, 0.1) is 23.3 Å². The Balaban J connectivity index is 1.86. The van der Waals surface area contributed by atoms with Crippen molar-refractivity contribution in [2.45, 2.75) is 46.8 Å². The summed E-state index contributed by atoms with van der Waals surface area (Å²) in [4.78, 5) is 15.0. The number of hydrogen-bond acceptors (Lipinski definition) is 3. The molecule has 0 radical (unpaired) electrons. The number of rotatable bonds is 7. The molecule has 0 saturated carbocycles. The zero-order valence-electron chi connectivity index (χ0n) is 19.8. The summed E-state index contributed by atoms with van der Waals surface area (Å²) in [5.41, 5.74) is 7.66. The Labute approximate surface area is 189 Å². The van der Waals surface area contributed by atoms with E-state index in [1.807, 2.05) is 27.7 Å². The molecule has 6 nitrogen and oxygen atoms in total. The third kappa shape index (κ3) is 4.15. The van der Waals surface area contributed by atoms with Gasteiger partial charge in [0.25, 0.3) is 0 Å². The molecule has 0 saturated heterocycles. The van der Waals surface area contributed by atoms with Crippen molar-refractivity contribution in [2.24, 2.45) is 0 Å². The summed E-state index contributed by atoms with van der Waals surface area (Å²) < 4.78 is 5.74. The van der Waals surface area contributed by atoms with Crippen molar-refractivity contribution in [3.8, 4) is 11.1 Å². The molecule has 4 rings (SSSR count). The monoisotopic (exact) mass is 431 g/mol. The lowest BCUT2D eigenvalue weighted by atomic mass is 10.0. The highest BCUT2D eigenvalue weighted by molar-refractivity contribution is 5.88. The largest absolute Gasteiger partial charge is 0.329 e. The molecular weight excluding hydrogens is 398 g/mol. The highest BCUT2D eigenvalue weighted by atomic mass is 16.1. The van der Waals surface area contributed by atoms with Crippen molar-refractivity contribution < 1.29 is 0 Å². The van der Waals surface area contributed by atoms with E-state index in [4.69, 9.17) is 5.10 Å². The van der Waals surface area contributed by atoms with Gasteiger partial charge in [0.1, 0.15) is 0 Å². The third-order valence-corrected chi connectivity index (χ3v) is 6.07. The van der Waals surface area contributed by atoms with Crippen LogP contribution >= 0.6 is 0 Å². The fourth-order valence-corrected chi connectivity index (χ4v) is 4.26. The molecule has 0 aliphatic heterocycles. The van der Waals surface area contributed by atoms with E-state index in [9.17, 15) is 4.79 Å². The normalized spacial score (nSPS) is 14.2. The second kappa shape index (κ2) is 9.17. The molecule has 2 heterocycles. The molecule has 3 aromatic rings. The van der Waals surface area contributed by atoms with Crippen LogP contribution < -0.4 is 5.69 Å². The SMILES string of the molecule is CCn1c(=O)n(CC)c2cc(-c3cn(CCN(C)C)nc3C3=CCC(C)=CC=C3)ccc21. The first-order valence-corrected chi connectivity index (χ1v) is 11.4. The molecule has 168 valence electrons. The van der Waals surface area contributed by atoms with Gasteiger partial charge in [-0.1, -0.05) is 35.9 Å². The van der Waals surface area contributed by atoms with E-state index in [2.05, 4.69) is 74.6 Å². The number of benzene rings is 1. The van der Waals surface area contributed by atoms with Gasteiger partial charge in [-0.05, 0) is 64.6 Å². The van der Waals surface area contributed by atoms with Crippen LogP contribution in [0, 0.1) is 0 Å². The van der Waals surface area contributed by atoms with Gasteiger partial charge in [0.2, 0.25) is 0 Å². The Bertz CT molecular complexity index is 1280. The van der Waals surface area contributed by atoms with Gasteiger partial charge in [-0.3, -0.25) is 13.8 Å². The van der Waals surface area contributed by atoms with Crippen LogP contribution in [-0.4, -0.2) is 44.5 Å². The quantitative estimate of drug-likeness (QED) is 0.551. The highest BCUT2D eigenvalue weighted by Gasteiger charge is 2.18. The Hall–Kier alpha value is -3.12. The molecule has 32 heavy (non-hydrogen) atoms. The number of allylic oxidation sites excluding steroid dienone is 6. The maximum atomic E-state index is 12.8. The minimum atomic E-state index is 0.0556. The van der Waals surface area contributed by atoms with E-state index in [0.717, 1.165) is 52.9 Å². The zero-order chi connectivity index (χ0) is 22.8. The van der Waals surface area contributed by atoms with Crippen LogP contribution in [0.1, 0.15) is 32.9 Å². The molecule has 0 amide bonds. The molecular formula is C26H33N5O. The fraction of sp³-hybridized carbons (Fsp3) is 0.385. The summed E-state index contributed by atoms with van der Waals surface area (Å²) in [6, 6.07) is 6.34. The Morgan fingerprint density at radius 2 is 1.84 bits per heavy atom. The van der Waals surface area contributed by atoms with E-state index in [1.54, 1.807) is 0 Å². The van der Waals surface area contributed by atoms with E-state index < -0.39 is 0 Å². The van der Waals surface area contributed by atoms with Crippen molar-refractivity contribution >= 4 is 16.6 Å². The van der Waals surface area contributed by atoms with Gasteiger partial charge >= 0.3 is 5.69 Å². The van der Waals surface area contributed by atoms with Gasteiger partial charge < -0.3 is 4.90 Å². The van der Waals surface area contributed by atoms with Crippen LogP contribution in [0.2, 0.25) is 0 Å². The van der Waals surface area contributed by atoms with Gasteiger partial charge in [0, 0.05) is 31.4 Å². The highest BCUT2D eigenvalue weighted by Crippen LogP contribution is 2.32. The number of aryl methyl sites for hydroxylation is 2. The molecule has 0 fully saturated rings. The van der Waals surface area contributed by atoms with Crippen LogP contribution in [-0.2, 0) is 19.6 Å².